The molecule has 2 aromatic rings. The van der Waals surface area contributed by atoms with Gasteiger partial charge in [-0.05, 0) is 42.5 Å². The number of nitrogens with one attached hydrogen (secondary N) is 1. The summed E-state index contributed by atoms with van der Waals surface area (Å²) < 4.78 is 5.10. The maximum Gasteiger partial charge on any atom is 0.339 e. The van der Waals surface area contributed by atoms with E-state index in [1.165, 1.54) is 24.8 Å². The van der Waals surface area contributed by atoms with Crippen molar-refractivity contribution < 1.29 is 19.4 Å². The minimum Gasteiger partial charge on any atom is -0.496 e. The number of fused-ring (bicyclic) bond motifs is 1. The van der Waals surface area contributed by atoms with E-state index in [2.05, 4.69) is 11.4 Å². The molecule has 3 rings (SSSR count). The predicted molar refractivity (Wildman–Crippen MR) is 90.7 cm³/mol. The van der Waals surface area contributed by atoms with Crippen molar-refractivity contribution in [2.75, 3.05) is 12.4 Å². The monoisotopic (exact) mass is 325 g/mol. The molecular weight excluding hydrogens is 306 g/mol. The molecule has 1 aliphatic rings. The van der Waals surface area contributed by atoms with E-state index in [9.17, 15) is 9.59 Å². The molecule has 1 amide bonds. The number of carbonyl (C=O) groups is 2. The highest BCUT2D eigenvalue weighted by atomic mass is 16.5. The van der Waals surface area contributed by atoms with Crippen LogP contribution in [0.2, 0.25) is 0 Å². The van der Waals surface area contributed by atoms with Crippen molar-refractivity contribution in [1.82, 2.24) is 0 Å². The number of hydrogen-bond acceptors (Lipinski definition) is 3. The van der Waals surface area contributed by atoms with Crippen LogP contribution in [0.5, 0.6) is 5.75 Å². The first-order chi connectivity index (χ1) is 11.6. The fourth-order valence-electron chi connectivity index (χ4n) is 3.20. The van der Waals surface area contributed by atoms with Gasteiger partial charge in [-0.25, -0.2) is 4.79 Å². The summed E-state index contributed by atoms with van der Waals surface area (Å²) in [6, 6.07) is 12.6. The van der Waals surface area contributed by atoms with E-state index in [1.54, 1.807) is 6.07 Å². The molecule has 0 radical (unpaired) electrons. The van der Waals surface area contributed by atoms with Crippen LogP contribution in [-0.4, -0.2) is 24.1 Å². The summed E-state index contributed by atoms with van der Waals surface area (Å²) in [5.74, 6) is -1.09. The number of aryl methyl sites for hydroxylation is 1. The molecule has 5 heteroatoms. The number of benzene rings is 2. The Balaban J connectivity index is 1.82. The van der Waals surface area contributed by atoms with E-state index >= 15 is 0 Å². The standard InChI is InChI=1S/C19H19NO4/c1-24-17-11-13(9-10-16(17)19(22)23)20-18(21)15-8-4-6-12-5-2-3-7-14(12)15/h2-3,5,7,9-11,15H,4,6,8H2,1H3,(H,20,21)(H,22,23). The van der Waals surface area contributed by atoms with E-state index < -0.39 is 5.97 Å². The Kier molecular flexibility index (Phi) is 4.51. The number of ether oxygens (including phenoxy) is 1. The Hall–Kier alpha value is -2.82. The zero-order valence-electron chi connectivity index (χ0n) is 13.4. The van der Waals surface area contributed by atoms with Crippen LogP contribution < -0.4 is 10.1 Å². The van der Waals surface area contributed by atoms with Crippen molar-refractivity contribution in [1.29, 1.82) is 0 Å². The summed E-state index contributed by atoms with van der Waals surface area (Å²) in [6.45, 7) is 0. The molecule has 0 saturated carbocycles. The van der Waals surface area contributed by atoms with Crippen molar-refractivity contribution in [3.05, 3.63) is 59.2 Å². The van der Waals surface area contributed by atoms with Crippen molar-refractivity contribution in [3.8, 4) is 5.75 Å². The van der Waals surface area contributed by atoms with Crippen LogP contribution in [0.25, 0.3) is 0 Å². The average Bonchev–Trinajstić information content (AvgIpc) is 2.60. The molecule has 1 atom stereocenters. The number of carbonyl (C=O) groups excluding carboxylic acids is 1. The Morgan fingerprint density at radius 3 is 2.75 bits per heavy atom. The molecule has 0 heterocycles. The number of aromatic carboxylic acids is 1. The van der Waals surface area contributed by atoms with E-state index in [-0.39, 0.29) is 23.1 Å². The molecule has 0 aromatic heterocycles. The lowest BCUT2D eigenvalue weighted by atomic mass is 9.82. The van der Waals surface area contributed by atoms with Gasteiger partial charge in [-0.2, -0.15) is 0 Å². The van der Waals surface area contributed by atoms with Gasteiger partial charge in [-0.1, -0.05) is 24.3 Å². The minimum absolute atomic E-state index is 0.0681. The average molecular weight is 325 g/mol. The van der Waals surface area contributed by atoms with Gasteiger partial charge in [-0.15, -0.1) is 0 Å². The van der Waals surface area contributed by atoms with Gasteiger partial charge < -0.3 is 15.2 Å². The van der Waals surface area contributed by atoms with Gasteiger partial charge in [0.1, 0.15) is 11.3 Å². The van der Waals surface area contributed by atoms with Crippen LogP contribution in [-0.2, 0) is 11.2 Å². The number of hydrogen-bond donors (Lipinski definition) is 2. The van der Waals surface area contributed by atoms with Crippen LogP contribution in [0, 0.1) is 0 Å². The van der Waals surface area contributed by atoms with Crippen LogP contribution in [0.1, 0.15) is 40.2 Å². The second-order valence-corrected chi connectivity index (χ2v) is 5.85. The molecule has 124 valence electrons. The molecule has 2 aromatic carbocycles. The first-order valence-corrected chi connectivity index (χ1v) is 7.90. The fourth-order valence-corrected chi connectivity index (χ4v) is 3.20. The Labute approximate surface area is 140 Å². The van der Waals surface area contributed by atoms with E-state index in [4.69, 9.17) is 9.84 Å². The number of carboxylic acids is 1. The van der Waals surface area contributed by atoms with E-state index in [1.807, 2.05) is 18.2 Å². The summed E-state index contributed by atoms with van der Waals surface area (Å²) in [6.07, 6.45) is 2.80. The largest absolute Gasteiger partial charge is 0.496 e. The molecule has 0 bridgehead atoms. The number of methoxy groups -OCH3 is 1. The van der Waals surface area contributed by atoms with Gasteiger partial charge >= 0.3 is 5.97 Å². The quantitative estimate of drug-likeness (QED) is 0.903. The van der Waals surface area contributed by atoms with E-state index in [0.717, 1.165) is 24.8 Å². The van der Waals surface area contributed by atoms with Gasteiger partial charge in [0.15, 0.2) is 0 Å². The van der Waals surface area contributed by atoms with Crippen molar-refractivity contribution in [2.45, 2.75) is 25.2 Å². The minimum atomic E-state index is -1.06. The normalized spacial score (nSPS) is 16.1. The molecular formula is C19H19NO4. The highest BCUT2D eigenvalue weighted by Crippen LogP contribution is 2.33. The van der Waals surface area contributed by atoms with Crippen molar-refractivity contribution in [2.24, 2.45) is 0 Å². The Morgan fingerprint density at radius 1 is 1.21 bits per heavy atom. The Bertz CT molecular complexity index is 785. The third kappa shape index (κ3) is 3.11. The van der Waals surface area contributed by atoms with Crippen LogP contribution in [0.3, 0.4) is 0 Å². The highest BCUT2D eigenvalue weighted by molar-refractivity contribution is 5.97. The highest BCUT2D eigenvalue weighted by Gasteiger charge is 2.26. The molecule has 0 spiro atoms. The van der Waals surface area contributed by atoms with Gasteiger partial charge in [-0.3, -0.25) is 4.79 Å². The van der Waals surface area contributed by atoms with Gasteiger partial charge in [0.05, 0.1) is 13.0 Å². The zero-order valence-corrected chi connectivity index (χ0v) is 13.4. The van der Waals surface area contributed by atoms with Crippen molar-refractivity contribution in [3.63, 3.8) is 0 Å². The van der Waals surface area contributed by atoms with Crippen LogP contribution >= 0.6 is 0 Å². The number of anilines is 1. The molecule has 0 aliphatic heterocycles. The van der Waals surface area contributed by atoms with Gasteiger partial charge in [0.25, 0.3) is 0 Å². The second-order valence-electron chi connectivity index (χ2n) is 5.85. The third-order valence-electron chi connectivity index (χ3n) is 4.39. The lowest BCUT2D eigenvalue weighted by Crippen LogP contribution is -2.24. The number of rotatable bonds is 4. The summed E-state index contributed by atoms with van der Waals surface area (Å²) in [5, 5.41) is 12.0. The van der Waals surface area contributed by atoms with Gasteiger partial charge in [0.2, 0.25) is 5.91 Å². The summed E-state index contributed by atoms with van der Waals surface area (Å²) >= 11 is 0. The summed E-state index contributed by atoms with van der Waals surface area (Å²) in [7, 11) is 1.41. The second kappa shape index (κ2) is 6.74. The number of amides is 1. The zero-order chi connectivity index (χ0) is 17.1. The molecule has 1 aliphatic carbocycles. The lowest BCUT2D eigenvalue weighted by Gasteiger charge is -2.24. The molecule has 24 heavy (non-hydrogen) atoms. The summed E-state index contributed by atoms with van der Waals surface area (Å²) in [4.78, 5) is 23.8. The lowest BCUT2D eigenvalue weighted by molar-refractivity contribution is -0.117. The van der Waals surface area contributed by atoms with E-state index in [0.29, 0.717) is 5.69 Å². The van der Waals surface area contributed by atoms with Crippen LogP contribution in [0.4, 0.5) is 5.69 Å². The first kappa shape index (κ1) is 16.1. The molecule has 5 nitrogen and oxygen atoms in total. The molecule has 1 unspecified atom stereocenters. The number of carboxylic acid groups (broad SMARTS) is 1. The summed E-state index contributed by atoms with van der Waals surface area (Å²) in [5.41, 5.74) is 2.90. The predicted octanol–water partition coefficient (Wildman–Crippen LogP) is 3.45. The Morgan fingerprint density at radius 2 is 2.00 bits per heavy atom. The fraction of sp³-hybridized carbons (Fsp3) is 0.263. The maximum atomic E-state index is 12.7. The maximum absolute atomic E-state index is 12.7. The molecule has 0 fully saturated rings. The van der Waals surface area contributed by atoms with Crippen LogP contribution in [0.15, 0.2) is 42.5 Å². The molecule has 0 saturated heterocycles. The topological polar surface area (TPSA) is 75.6 Å². The third-order valence-corrected chi connectivity index (χ3v) is 4.39. The van der Waals surface area contributed by atoms with Gasteiger partial charge in [0, 0.05) is 11.8 Å². The molecule has 2 N–H and O–H groups in total. The van der Waals surface area contributed by atoms with Crippen molar-refractivity contribution >= 4 is 17.6 Å². The smallest absolute Gasteiger partial charge is 0.339 e. The first-order valence-electron chi connectivity index (χ1n) is 7.90. The SMILES string of the molecule is COc1cc(NC(=O)C2CCCc3ccccc32)ccc1C(=O)O.